The highest BCUT2D eigenvalue weighted by Gasteiger charge is 2.25. The van der Waals surface area contributed by atoms with Crippen molar-refractivity contribution in [1.82, 2.24) is 4.98 Å². The Bertz CT molecular complexity index is 378. The standard InChI is InChI=1S/C10H13NO5/c1-3-5(2)4-6-11-7(9(12)13)8(16-6)10(14)15/h5H,3-4H2,1-2H3,(H,12,13)(H,14,15). The molecule has 0 aliphatic rings. The summed E-state index contributed by atoms with van der Waals surface area (Å²) < 4.78 is 4.92. The van der Waals surface area contributed by atoms with E-state index in [1.807, 2.05) is 13.8 Å². The molecule has 0 amide bonds. The van der Waals surface area contributed by atoms with Crippen molar-refractivity contribution in [2.75, 3.05) is 0 Å². The fourth-order valence-electron chi connectivity index (χ4n) is 1.18. The number of carbonyl (C=O) groups is 2. The molecule has 16 heavy (non-hydrogen) atoms. The number of hydrogen-bond donors (Lipinski definition) is 2. The molecular weight excluding hydrogens is 214 g/mol. The number of oxazole rings is 1. The Balaban J connectivity index is 3.02. The van der Waals surface area contributed by atoms with Crippen molar-refractivity contribution in [3.05, 3.63) is 17.3 Å². The van der Waals surface area contributed by atoms with Crippen molar-refractivity contribution >= 4 is 11.9 Å². The summed E-state index contributed by atoms with van der Waals surface area (Å²) in [5, 5.41) is 17.5. The number of rotatable bonds is 5. The lowest BCUT2D eigenvalue weighted by molar-refractivity contribution is 0.0622. The molecule has 6 nitrogen and oxygen atoms in total. The normalized spacial score (nSPS) is 12.4. The smallest absolute Gasteiger partial charge is 0.374 e. The van der Waals surface area contributed by atoms with E-state index in [2.05, 4.69) is 4.98 Å². The molecule has 0 saturated heterocycles. The molecule has 1 unspecified atom stereocenters. The van der Waals surface area contributed by atoms with Crippen molar-refractivity contribution in [2.24, 2.45) is 5.92 Å². The van der Waals surface area contributed by atoms with Crippen LogP contribution in [0.15, 0.2) is 4.42 Å². The zero-order valence-electron chi connectivity index (χ0n) is 9.06. The van der Waals surface area contributed by atoms with Gasteiger partial charge in [0.25, 0.3) is 0 Å². The monoisotopic (exact) mass is 227 g/mol. The fourth-order valence-corrected chi connectivity index (χ4v) is 1.18. The first-order chi connectivity index (χ1) is 7.45. The van der Waals surface area contributed by atoms with Gasteiger partial charge in [-0.15, -0.1) is 0 Å². The maximum absolute atomic E-state index is 10.7. The highest BCUT2D eigenvalue weighted by Crippen LogP contribution is 2.16. The van der Waals surface area contributed by atoms with Crippen molar-refractivity contribution in [2.45, 2.75) is 26.7 Å². The first kappa shape index (κ1) is 12.2. The number of aromatic nitrogens is 1. The minimum absolute atomic E-state index is 0.157. The number of aromatic carboxylic acids is 2. The molecule has 1 aromatic heterocycles. The van der Waals surface area contributed by atoms with Gasteiger partial charge in [-0.1, -0.05) is 20.3 Å². The lowest BCUT2D eigenvalue weighted by Gasteiger charge is -2.02. The lowest BCUT2D eigenvalue weighted by Crippen LogP contribution is -2.06. The van der Waals surface area contributed by atoms with Crippen LogP contribution in [0.5, 0.6) is 0 Å². The minimum Gasteiger partial charge on any atom is -0.476 e. The van der Waals surface area contributed by atoms with Crippen LogP contribution in [0.3, 0.4) is 0 Å². The molecule has 0 aliphatic carbocycles. The van der Waals surface area contributed by atoms with Gasteiger partial charge >= 0.3 is 11.9 Å². The van der Waals surface area contributed by atoms with Gasteiger partial charge in [-0.05, 0) is 5.92 Å². The first-order valence-electron chi connectivity index (χ1n) is 4.92. The SMILES string of the molecule is CCC(C)Cc1nc(C(=O)O)c(C(=O)O)o1. The van der Waals surface area contributed by atoms with Gasteiger partial charge in [-0.3, -0.25) is 0 Å². The lowest BCUT2D eigenvalue weighted by atomic mass is 10.1. The van der Waals surface area contributed by atoms with Crippen LogP contribution in [0.2, 0.25) is 0 Å². The summed E-state index contributed by atoms with van der Waals surface area (Å²) in [6, 6.07) is 0. The second-order valence-electron chi connectivity index (χ2n) is 3.61. The van der Waals surface area contributed by atoms with Crippen LogP contribution in [-0.2, 0) is 6.42 Å². The van der Waals surface area contributed by atoms with Gasteiger partial charge in [-0.2, -0.15) is 0 Å². The van der Waals surface area contributed by atoms with Gasteiger partial charge < -0.3 is 14.6 Å². The molecule has 1 aromatic rings. The van der Waals surface area contributed by atoms with Crippen LogP contribution >= 0.6 is 0 Å². The van der Waals surface area contributed by atoms with E-state index in [9.17, 15) is 9.59 Å². The molecule has 0 saturated carbocycles. The number of hydrogen-bond acceptors (Lipinski definition) is 4. The maximum Gasteiger partial charge on any atom is 0.374 e. The molecule has 0 spiro atoms. The second kappa shape index (κ2) is 4.78. The van der Waals surface area contributed by atoms with Crippen LogP contribution in [0, 0.1) is 5.92 Å². The summed E-state index contributed by atoms with van der Waals surface area (Å²) in [6.45, 7) is 3.93. The summed E-state index contributed by atoms with van der Waals surface area (Å²) in [5.41, 5.74) is -0.536. The van der Waals surface area contributed by atoms with Crippen LogP contribution < -0.4 is 0 Å². The number of nitrogens with zero attached hydrogens (tertiary/aromatic N) is 1. The molecule has 88 valence electrons. The van der Waals surface area contributed by atoms with Crippen molar-refractivity contribution in [1.29, 1.82) is 0 Å². The van der Waals surface area contributed by atoms with Gasteiger partial charge in [0.15, 0.2) is 5.89 Å². The molecular formula is C10H13NO5. The maximum atomic E-state index is 10.7. The van der Waals surface area contributed by atoms with Crippen LogP contribution in [0.4, 0.5) is 0 Å². The van der Waals surface area contributed by atoms with Crippen LogP contribution in [-0.4, -0.2) is 27.1 Å². The van der Waals surface area contributed by atoms with E-state index in [-0.39, 0.29) is 11.8 Å². The molecule has 1 heterocycles. The van der Waals surface area contributed by atoms with Crippen molar-refractivity contribution in [3.8, 4) is 0 Å². The van der Waals surface area contributed by atoms with E-state index in [1.54, 1.807) is 0 Å². The van der Waals surface area contributed by atoms with Gasteiger partial charge in [0.1, 0.15) is 0 Å². The zero-order valence-corrected chi connectivity index (χ0v) is 9.06. The van der Waals surface area contributed by atoms with Crippen LogP contribution in [0.25, 0.3) is 0 Å². The number of carboxylic acid groups (broad SMARTS) is 2. The van der Waals surface area contributed by atoms with E-state index in [4.69, 9.17) is 14.6 Å². The highest BCUT2D eigenvalue weighted by atomic mass is 16.4. The summed E-state index contributed by atoms with van der Waals surface area (Å²) in [4.78, 5) is 25.1. The third kappa shape index (κ3) is 2.59. The second-order valence-corrected chi connectivity index (χ2v) is 3.61. The van der Waals surface area contributed by atoms with Crippen molar-refractivity contribution in [3.63, 3.8) is 0 Å². The molecule has 1 rings (SSSR count). The summed E-state index contributed by atoms with van der Waals surface area (Å²) in [5.74, 6) is -2.99. The Hall–Kier alpha value is -1.85. The zero-order chi connectivity index (χ0) is 12.3. The Labute approximate surface area is 91.9 Å². The Morgan fingerprint density at radius 2 is 2.00 bits per heavy atom. The summed E-state index contributed by atoms with van der Waals surface area (Å²) >= 11 is 0. The molecule has 0 radical (unpaired) electrons. The van der Waals surface area contributed by atoms with Crippen molar-refractivity contribution < 1.29 is 24.2 Å². The molecule has 2 N–H and O–H groups in total. The fraction of sp³-hybridized carbons (Fsp3) is 0.500. The quantitative estimate of drug-likeness (QED) is 0.793. The summed E-state index contributed by atoms with van der Waals surface area (Å²) in [7, 11) is 0. The Morgan fingerprint density at radius 1 is 1.38 bits per heavy atom. The van der Waals surface area contributed by atoms with Crippen LogP contribution in [0.1, 0.15) is 47.2 Å². The van der Waals surface area contributed by atoms with E-state index >= 15 is 0 Å². The van der Waals surface area contributed by atoms with E-state index in [0.717, 1.165) is 6.42 Å². The average molecular weight is 227 g/mol. The summed E-state index contributed by atoms with van der Waals surface area (Å²) in [6.07, 6.45) is 1.32. The Kier molecular flexibility index (Phi) is 3.65. The average Bonchev–Trinajstić information content (AvgIpc) is 2.61. The first-order valence-corrected chi connectivity index (χ1v) is 4.92. The predicted octanol–water partition coefficient (Wildman–Crippen LogP) is 1.66. The largest absolute Gasteiger partial charge is 0.476 e. The van der Waals surface area contributed by atoms with Gasteiger partial charge in [0.05, 0.1) is 0 Å². The van der Waals surface area contributed by atoms with Gasteiger partial charge in [0, 0.05) is 6.42 Å². The molecule has 0 aliphatic heterocycles. The third-order valence-electron chi connectivity index (χ3n) is 2.29. The van der Waals surface area contributed by atoms with Gasteiger partial charge in [-0.25, -0.2) is 14.6 Å². The topological polar surface area (TPSA) is 101 Å². The predicted molar refractivity (Wildman–Crippen MR) is 53.6 cm³/mol. The van der Waals surface area contributed by atoms with E-state index < -0.39 is 23.4 Å². The minimum atomic E-state index is -1.42. The molecule has 6 heteroatoms. The number of carboxylic acids is 2. The van der Waals surface area contributed by atoms with Gasteiger partial charge in [0.2, 0.25) is 11.5 Å². The third-order valence-corrected chi connectivity index (χ3v) is 2.29. The molecule has 0 fully saturated rings. The molecule has 1 atom stereocenters. The Morgan fingerprint density at radius 3 is 2.38 bits per heavy atom. The van der Waals surface area contributed by atoms with E-state index in [1.165, 1.54) is 0 Å². The highest BCUT2D eigenvalue weighted by molar-refractivity contribution is 5.98. The molecule has 0 bridgehead atoms. The van der Waals surface area contributed by atoms with E-state index in [0.29, 0.717) is 6.42 Å². The molecule has 0 aromatic carbocycles.